The van der Waals surface area contributed by atoms with Gasteiger partial charge in [0.2, 0.25) is 0 Å². The van der Waals surface area contributed by atoms with E-state index in [4.69, 9.17) is 24.4 Å². The molecule has 0 aliphatic carbocycles. The first-order chi connectivity index (χ1) is 11.5. The van der Waals surface area contributed by atoms with E-state index in [0.717, 1.165) is 11.3 Å². The minimum Gasteiger partial charge on any atom is -0.357 e. The van der Waals surface area contributed by atoms with Crippen LogP contribution in [0.3, 0.4) is 0 Å². The maximum absolute atomic E-state index is 5.24. The summed E-state index contributed by atoms with van der Waals surface area (Å²) in [5.74, 6) is 0.513. The molecule has 4 nitrogen and oxygen atoms in total. The van der Waals surface area contributed by atoms with Gasteiger partial charge < -0.3 is 10.6 Å². The van der Waals surface area contributed by atoms with Gasteiger partial charge in [-0.15, -0.1) is 0 Å². The Kier molecular flexibility index (Phi) is 6.96. The molecule has 0 atom stereocenters. The van der Waals surface area contributed by atoms with Gasteiger partial charge in [-0.3, -0.25) is 10.9 Å². The molecule has 0 unspecified atom stereocenters. The molecule has 2 aromatic carbocycles. The van der Waals surface area contributed by atoms with Crippen molar-refractivity contribution in [3.05, 3.63) is 65.7 Å². The maximum Gasteiger partial charge on any atom is 0.189 e. The molecule has 0 spiro atoms. The van der Waals surface area contributed by atoms with Crippen LogP contribution < -0.4 is 21.5 Å². The minimum absolute atomic E-state index is 0.455. The van der Waals surface area contributed by atoms with Crippen molar-refractivity contribution in [1.29, 1.82) is 0 Å². The van der Waals surface area contributed by atoms with Crippen LogP contribution in [0, 0.1) is 0 Å². The third-order valence-corrected chi connectivity index (χ3v) is 3.87. The van der Waals surface area contributed by atoms with Crippen molar-refractivity contribution < 1.29 is 0 Å². The average molecular weight is 359 g/mol. The van der Waals surface area contributed by atoms with Crippen LogP contribution >= 0.6 is 24.4 Å². The van der Waals surface area contributed by atoms with E-state index >= 15 is 0 Å². The number of nitrogens with one attached hydrogen (secondary N) is 4. The smallest absolute Gasteiger partial charge is 0.189 e. The molecule has 0 aliphatic rings. The lowest BCUT2D eigenvalue weighted by atomic mass is 10.0. The van der Waals surface area contributed by atoms with E-state index in [-0.39, 0.29) is 0 Å². The van der Waals surface area contributed by atoms with E-state index < -0.39 is 0 Å². The topological polar surface area (TPSA) is 48.1 Å². The van der Waals surface area contributed by atoms with Crippen LogP contribution in [0.1, 0.15) is 30.9 Å². The lowest BCUT2D eigenvalue weighted by molar-refractivity contribution is 0.809. The molecule has 126 valence electrons. The zero-order valence-corrected chi connectivity index (χ0v) is 15.4. The van der Waals surface area contributed by atoms with Gasteiger partial charge in [-0.05, 0) is 53.6 Å². The highest BCUT2D eigenvalue weighted by molar-refractivity contribution is 7.80. The number of hydrazine groups is 1. The van der Waals surface area contributed by atoms with Gasteiger partial charge in [0.25, 0.3) is 0 Å². The van der Waals surface area contributed by atoms with Gasteiger partial charge in [0.05, 0.1) is 0 Å². The van der Waals surface area contributed by atoms with E-state index in [1.54, 1.807) is 0 Å². The summed E-state index contributed by atoms with van der Waals surface area (Å²) >= 11 is 10.5. The zero-order chi connectivity index (χ0) is 17.4. The predicted octanol–water partition coefficient (Wildman–Crippen LogP) is 3.68. The Labute approximate surface area is 154 Å². The number of thiocarbonyl (C=S) groups is 2. The number of anilines is 1. The summed E-state index contributed by atoms with van der Waals surface area (Å²) in [4.78, 5) is 0. The lowest BCUT2D eigenvalue weighted by Gasteiger charge is -2.15. The first-order valence-corrected chi connectivity index (χ1v) is 8.61. The van der Waals surface area contributed by atoms with Gasteiger partial charge in [0, 0.05) is 12.2 Å². The van der Waals surface area contributed by atoms with Gasteiger partial charge in [-0.2, -0.15) is 0 Å². The predicted molar refractivity (Wildman–Crippen MR) is 109 cm³/mol. The largest absolute Gasteiger partial charge is 0.357 e. The molecule has 0 saturated heterocycles. The van der Waals surface area contributed by atoms with Crippen LogP contribution in [-0.2, 0) is 6.54 Å². The third-order valence-electron chi connectivity index (χ3n) is 3.42. The summed E-state index contributed by atoms with van der Waals surface area (Å²) in [5, 5.41) is 7.16. The molecular weight excluding hydrogens is 336 g/mol. The monoisotopic (exact) mass is 358 g/mol. The van der Waals surface area contributed by atoms with Gasteiger partial charge in [-0.25, -0.2) is 0 Å². The van der Waals surface area contributed by atoms with Gasteiger partial charge in [0.1, 0.15) is 0 Å². The van der Waals surface area contributed by atoms with E-state index in [1.807, 2.05) is 42.5 Å². The van der Waals surface area contributed by atoms with Crippen LogP contribution in [0.4, 0.5) is 5.69 Å². The van der Waals surface area contributed by atoms with Crippen molar-refractivity contribution in [2.24, 2.45) is 0 Å². The lowest BCUT2D eigenvalue weighted by Crippen LogP contribution is -2.47. The molecule has 0 amide bonds. The van der Waals surface area contributed by atoms with Crippen molar-refractivity contribution in [1.82, 2.24) is 16.2 Å². The SMILES string of the molecule is CC(C)c1ccc(NC(=S)NNC(=S)NCc2ccccc2)cc1. The Hall–Kier alpha value is -2.18. The molecule has 0 radical (unpaired) electrons. The van der Waals surface area contributed by atoms with Crippen LogP contribution in [0.5, 0.6) is 0 Å². The van der Waals surface area contributed by atoms with Crippen molar-refractivity contribution in [2.75, 3.05) is 5.32 Å². The average Bonchev–Trinajstić information content (AvgIpc) is 2.59. The molecule has 2 aromatic rings. The second-order valence-corrected chi connectivity index (χ2v) is 6.47. The van der Waals surface area contributed by atoms with Crippen LogP contribution in [0.25, 0.3) is 0 Å². The zero-order valence-electron chi connectivity index (χ0n) is 13.8. The molecular formula is C18H22N4S2. The van der Waals surface area contributed by atoms with E-state index in [2.05, 4.69) is 47.5 Å². The number of benzene rings is 2. The maximum atomic E-state index is 5.24. The quantitative estimate of drug-likeness (QED) is 0.494. The Balaban J connectivity index is 1.71. The van der Waals surface area contributed by atoms with Crippen LogP contribution in [-0.4, -0.2) is 10.2 Å². The molecule has 4 N–H and O–H groups in total. The number of hydrogen-bond acceptors (Lipinski definition) is 2. The molecule has 24 heavy (non-hydrogen) atoms. The van der Waals surface area contributed by atoms with Crippen molar-refractivity contribution in [3.63, 3.8) is 0 Å². The normalized spacial score (nSPS) is 10.1. The number of rotatable bonds is 4. The van der Waals surface area contributed by atoms with E-state index in [0.29, 0.717) is 22.7 Å². The highest BCUT2D eigenvalue weighted by atomic mass is 32.1. The summed E-state index contributed by atoms with van der Waals surface area (Å²) in [6.45, 7) is 5.00. The molecule has 0 aliphatic heterocycles. The molecule has 6 heteroatoms. The van der Waals surface area contributed by atoms with E-state index in [9.17, 15) is 0 Å². The van der Waals surface area contributed by atoms with E-state index in [1.165, 1.54) is 5.56 Å². The molecule has 2 rings (SSSR count). The highest BCUT2D eigenvalue weighted by Crippen LogP contribution is 2.16. The Morgan fingerprint density at radius 1 is 0.875 bits per heavy atom. The summed E-state index contributed by atoms with van der Waals surface area (Å²) in [6.07, 6.45) is 0. The van der Waals surface area contributed by atoms with Crippen molar-refractivity contribution in [2.45, 2.75) is 26.3 Å². The first-order valence-electron chi connectivity index (χ1n) is 7.79. The Bertz CT molecular complexity index is 669. The number of hydrogen-bond donors (Lipinski definition) is 4. The summed E-state index contributed by atoms with van der Waals surface area (Å²) in [6, 6.07) is 18.3. The fourth-order valence-electron chi connectivity index (χ4n) is 2.05. The second kappa shape index (κ2) is 9.20. The van der Waals surface area contributed by atoms with Gasteiger partial charge in [-0.1, -0.05) is 56.3 Å². The standard InChI is InChI=1S/C18H22N4S2/c1-13(2)15-8-10-16(11-9-15)20-18(24)22-21-17(23)19-12-14-6-4-3-5-7-14/h3-11,13H,12H2,1-2H3,(H2,19,21,23)(H2,20,22,24). The van der Waals surface area contributed by atoms with Crippen LogP contribution in [0.2, 0.25) is 0 Å². The summed E-state index contributed by atoms with van der Waals surface area (Å²) in [7, 11) is 0. The van der Waals surface area contributed by atoms with Crippen LogP contribution in [0.15, 0.2) is 54.6 Å². The third kappa shape index (κ3) is 6.14. The van der Waals surface area contributed by atoms with Gasteiger partial charge >= 0.3 is 0 Å². The fraction of sp³-hybridized carbons (Fsp3) is 0.222. The molecule has 0 fully saturated rings. The summed E-state index contributed by atoms with van der Waals surface area (Å²) in [5.41, 5.74) is 9.13. The highest BCUT2D eigenvalue weighted by Gasteiger charge is 2.01. The minimum atomic E-state index is 0.455. The Morgan fingerprint density at radius 2 is 1.50 bits per heavy atom. The van der Waals surface area contributed by atoms with Gasteiger partial charge in [0.15, 0.2) is 10.2 Å². The fourth-order valence-corrected chi connectivity index (χ4v) is 2.34. The van der Waals surface area contributed by atoms with Crippen molar-refractivity contribution >= 4 is 40.3 Å². The second-order valence-electron chi connectivity index (χ2n) is 5.65. The Morgan fingerprint density at radius 3 is 2.12 bits per heavy atom. The molecule has 0 bridgehead atoms. The molecule has 0 heterocycles. The van der Waals surface area contributed by atoms with Crippen molar-refractivity contribution in [3.8, 4) is 0 Å². The molecule has 0 aromatic heterocycles. The first kappa shape index (κ1) is 18.2. The summed E-state index contributed by atoms with van der Waals surface area (Å²) < 4.78 is 0. The molecule has 0 saturated carbocycles.